The summed E-state index contributed by atoms with van der Waals surface area (Å²) in [5, 5.41) is 15.5. The highest BCUT2D eigenvalue weighted by Crippen LogP contribution is 2.35. The molecule has 0 aliphatic carbocycles. The molecule has 0 bridgehead atoms. The van der Waals surface area contributed by atoms with Crippen molar-refractivity contribution in [2.24, 2.45) is 10.1 Å². The van der Waals surface area contributed by atoms with E-state index in [1.165, 1.54) is 0 Å². The Bertz CT molecular complexity index is 1020. The summed E-state index contributed by atoms with van der Waals surface area (Å²) in [7, 11) is 11.3. The zero-order valence-electron chi connectivity index (χ0n) is 13.4. The third-order valence-corrected chi connectivity index (χ3v) is 4.02. The molecule has 2 heterocycles. The van der Waals surface area contributed by atoms with E-state index in [-0.39, 0.29) is 5.88 Å². The Morgan fingerprint density at radius 1 is 1.20 bits per heavy atom. The van der Waals surface area contributed by atoms with Crippen molar-refractivity contribution >= 4 is 49.2 Å². The standard InChI is InChI=1S/C18H13B2N3O2/c19-7-8-25-23-16-12-3-1-2-4-13(12)21-17(16)15-11-6-5-10(20)9-14(11)22-18(15)24/h1-6,9,22,24H,7-8H2. The number of aliphatic imine (C=N–C) groups is 1. The number of nitrogens with one attached hydrogen (secondary N) is 1. The van der Waals surface area contributed by atoms with Crippen molar-refractivity contribution in [1.82, 2.24) is 4.98 Å². The minimum absolute atomic E-state index is 0.0127. The summed E-state index contributed by atoms with van der Waals surface area (Å²) >= 11 is 0. The Kier molecular flexibility index (Phi) is 3.84. The van der Waals surface area contributed by atoms with Crippen LogP contribution >= 0.6 is 0 Å². The Balaban J connectivity index is 1.89. The molecule has 1 aromatic heterocycles. The van der Waals surface area contributed by atoms with Gasteiger partial charge in [0.05, 0.1) is 19.1 Å². The molecule has 0 atom stereocenters. The molecule has 4 rings (SSSR count). The average Bonchev–Trinajstić information content (AvgIpc) is 3.11. The van der Waals surface area contributed by atoms with Crippen molar-refractivity contribution in [2.45, 2.75) is 6.32 Å². The van der Waals surface area contributed by atoms with Gasteiger partial charge in [0.15, 0.2) is 5.88 Å². The molecular weight excluding hydrogens is 312 g/mol. The monoisotopic (exact) mass is 325 g/mol. The van der Waals surface area contributed by atoms with E-state index in [2.05, 4.69) is 15.1 Å². The Morgan fingerprint density at radius 3 is 2.88 bits per heavy atom. The highest BCUT2D eigenvalue weighted by molar-refractivity contribution is 6.58. The number of oxime groups is 1. The van der Waals surface area contributed by atoms with Crippen LogP contribution in [0.2, 0.25) is 6.32 Å². The van der Waals surface area contributed by atoms with Gasteiger partial charge in [0.1, 0.15) is 25.9 Å². The van der Waals surface area contributed by atoms with Gasteiger partial charge in [-0.1, -0.05) is 47.3 Å². The van der Waals surface area contributed by atoms with Crippen LogP contribution in [-0.4, -0.2) is 43.8 Å². The number of benzene rings is 2. The molecule has 0 spiro atoms. The van der Waals surface area contributed by atoms with Gasteiger partial charge in [-0.05, 0) is 12.1 Å². The third-order valence-electron chi connectivity index (χ3n) is 4.02. The summed E-state index contributed by atoms with van der Waals surface area (Å²) in [6.45, 7) is 0.301. The second-order valence-corrected chi connectivity index (χ2v) is 5.69. The number of hydrogen-bond acceptors (Lipinski definition) is 4. The van der Waals surface area contributed by atoms with Crippen LogP contribution in [0.4, 0.5) is 5.69 Å². The number of aromatic nitrogens is 1. The minimum Gasteiger partial charge on any atom is -0.494 e. The third kappa shape index (κ3) is 2.61. The van der Waals surface area contributed by atoms with Gasteiger partial charge in [-0.25, -0.2) is 4.99 Å². The van der Waals surface area contributed by atoms with E-state index in [0.29, 0.717) is 35.4 Å². The van der Waals surface area contributed by atoms with Gasteiger partial charge in [0, 0.05) is 16.5 Å². The van der Waals surface area contributed by atoms with E-state index in [9.17, 15) is 5.11 Å². The van der Waals surface area contributed by atoms with Gasteiger partial charge in [-0.15, -0.1) is 0 Å². The molecule has 5 nitrogen and oxygen atoms in total. The number of aromatic hydroxyl groups is 1. The number of H-pyrrole nitrogens is 1. The Labute approximate surface area is 147 Å². The normalized spacial score (nSPS) is 14.7. The second kappa shape index (κ2) is 6.16. The lowest BCUT2D eigenvalue weighted by Gasteiger charge is -2.05. The zero-order valence-corrected chi connectivity index (χ0v) is 13.4. The summed E-state index contributed by atoms with van der Waals surface area (Å²) < 4.78 is 0. The maximum atomic E-state index is 10.5. The molecule has 1 aliphatic rings. The van der Waals surface area contributed by atoms with Crippen molar-refractivity contribution in [1.29, 1.82) is 0 Å². The van der Waals surface area contributed by atoms with Crippen molar-refractivity contribution < 1.29 is 9.94 Å². The fraction of sp³-hybridized carbons (Fsp3) is 0.111. The summed E-state index contributed by atoms with van der Waals surface area (Å²) in [5.41, 5.74) is 4.64. The molecule has 1 aliphatic heterocycles. The largest absolute Gasteiger partial charge is 0.494 e. The van der Waals surface area contributed by atoms with Crippen molar-refractivity contribution in [3.63, 3.8) is 0 Å². The molecule has 4 radical (unpaired) electrons. The lowest BCUT2D eigenvalue weighted by Crippen LogP contribution is -2.13. The number of rotatable bonds is 4. The fourth-order valence-electron chi connectivity index (χ4n) is 2.94. The Hall–Kier alpha value is -2.95. The summed E-state index contributed by atoms with van der Waals surface area (Å²) in [5.74, 6) is 0.0127. The molecule has 2 N–H and O–H groups in total. The van der Waals surface area contributed by atoms with Crippen LogP contribution in [0.25, 0.3) is 10.9 Å². The smallest absolute Gasteiger partial charge is 0.199 e. The number of fused-ring (bicyclic) bond motifs is 2. The number of nitrogens with zero attached hydrogens (tertiary/aromatic N) is 2. The lowest BCUT2D eigenvalue weighted by molar-refractivity contribution is 0.160. The predicted molar refractivity (Wildman–Crippen MR) is 101 cm³/mol. The van der Waals surface area contributed by atoms with Gasteiger partial charge in [0.25, 0.3) is 0 Å². The van der Waals surface area contributed by atoms with E-state index in [0.717, 1.165) is 22.2 Å². The molecule has 0 saturated carbocycles. The average molecular weight is 325 g/mol. The topological polar surface area (TPSA) is 70.0 Å². The maximum absolute atomic E-state index is 10.5. The summed E-state index contributed by atoms with van der Waals surface area (Å²) in [6, 6.07) is 13.0. The van der Waals surface area contributed by atoms with E-state index < -0.39 is 0 Å². The SMILES string of the molecule is [B]CCON=C1C(c2c(O)[nH]c3cc([B])ccc23)=Nc2ccccc21. The van der Waals surface area contributed by atoms with E-state index in [1.54, 1.807) is 12.1 Å². The number of para-hydroxylation sites is 1. The van der Waals surface area contributed by atoms with Crippen LogP contribution in [0.5, 0.6) is 5.88 Å². The molecule has 25 heavy (non-hydrogen) atoms. The number of aromatic amines is 1. The first kappa shape index (κ1) is 15.6. The minimum atomic E-state index is 0.0127. The molecular formula is C18H13B2N3O2. The molecule has 0 saturated heterocycles. The predicted octanol–water partition coefficient (Wildman–Crippen LogP) is 2.11. The van der Waals surface area contributed by atoms with Crippen LogP contribution < -0.4 is 5.46 Å². The van der Waals surface area contributed by atoms with Crippen LogP contribution in [0, 0.1) is 0 Å². The molecule has 7 heteroatoms. The van der Waals surface area contributed by atoms with Crippen LogP contribution in [0.3, 0.4) is 0 Å². The second-order valence-electron chi connectivity index (χ2n) is 5.69. The van der Waals surface area contributed by atoms with Crippen LogP contribution in [0.15, 0.2) is 52.6 Å². The molecule has 118 valence electrons. The quantitative estimate of drug-likeness (QED) is 0.438. The zero-order chi connectivity index (χ0) is 17.4. The van der Waals surface area contributed by atoms with Crippen molar-refractivity contribution in [3.05, 3.63) is 53.6 Å². The van der Waals surface area contributed by atoms with E-state index >= 15 is 0 Å². The van der Waals surface area contributed by atoms with Gasteiger partial charge in [-0.2, -0.15) is 0 Å². The highest BCUT2D eigenvalue weighted by atomic mass is 16.6. The van der Waals surface area contributed by atoms with Gasteiger partial charge in [0.2, 0.25) is 0 Å². The summed E-state index contributed by atoms with van der Waals surface area (Å²) in [4.78, 5) is 12.9. The van der Waals surface area contributed by atoms with Crippen LogP contribution in [0.1, 0.15) is 11.1 Å². The maximum Gasteiger partial charge on any atom is 0.199 e. The van der Waals surface area contributed by atoms with Gasteiger partial charge < -0.3 is 14.9 Å². The number of hydrogen-bond donors (Lipinski definition) is 2. The van der Waals surface area contributed by atoms with Gasteiger partial charge in [-0.3, -0.25) is 0 Å². The fourth-order valence-corrected chi connectivity index (χ4v) is 2.94. The van der Waals surface area contributed by atoms with E-state index in [4.69, 9.17) is 20.5 Å². The molecule has 0 fully saturated rings. The lowest BCUT2D eigenvalue weighted by atomic mass is 9.94. The van der Waals surface area contributed by atoms with E-state index in [1.807, 2.05) is 30.3 Å². The molecule has 0 unspecified atom stereocenters. The first-order valence-corrected chi connectivity index (χ1v) is 7.88. The van der Waals surface area contributed by atoms with Crippen molar-refractivity contribution in [2.75, 3.05) is 6.61 Å². The van der Waals surface area contributed by atoms with Crippen LogP contribution in [-0.2, 0) is 4.84 Å². The summed E-state index contributed by atoms with van der Waals surface area (Å²) in [6.07, 6.45) is 0.364. The van der Waals surface area contributed by atoms with Crippen molar-refractivity contribution in [3.8, 4) is 5.88 Å². The first-order chi connectivity index (χ1) is 12.2. The Morgan fingerprint density at radius 2 is 2.04 bits per heavy atom. The highest BCUT2D eigenvalue weighted by Gasteiger charge is 2.29. The molecule has 2 aromatic carbocycles. The molecule has 3 aromatic rings. The molecule has 0 amide bonds. The van der Waals surface area contributed by atoms with Gasteiger partial charge >= 0.3 is 0 Å². The first-order valence-electron chi connectivity index (χ1n) is 7.88.